The molecule has 2 aliphatic carbocycles. The smallest absolute Gasteiger partial charge is 0.299 e. The van der Waals surface area contributed by atoms with Crippen molar-refractivity contribution in [3.63, 3.8) is 0 Å². The number of carbonyl (C=O) groups is 1. The molecule has 19 heavy (non-hydrogen) atoms. The van der Waals surface area contributed by atoms with Gasteiger partial charge in [0.2, 0.25) is 0 Å². The third-order valence-electron chi connectivity index (χ3n) is 4.88. The minimum absolute atomic E-state index is 0.0348. The Labute approximate surface area is 112 Å². The molecule has 0 aliphatic heterocycles. The number of halogens is 3. The van der Waals surface area contributed by atoms with Gasteiger partial charge in [-0.25, -0.2) is 0 Å². The van der Waals surface area contributed by atoms with Crippen LogP contribution in [0.2, 0.25) is 0 Å². The molecule has 0 N–H and O–H groups in total. The first-order chi connectivity index (χ1) is 8.96. The normalized spacial score (nSPS) is 31.8. The Hall–Kier alpha value is -0.540. The van der Waals surface area contributed by atoms with E-state index in [1.165, 1.54) is 25.7 Å². The topological polar surface area (TPSA) is 17.1 Å². The lowest BCUT2D eigenvalue weighted by Crippen LogP contribution is -2.31. The van der Waals surface area contributed by atoms with Gasteiger partial charge in [0.05, 0.1) is 0 Å². The van der Waals surface area contributed by atoms with Gasteiger partial charge in [0.15, 0.2) is 0 Å². The van der Waals surface area contributed by atoms with E-state index in [-0.39, 0.29) is 24.5 Å². The van der Waals surface area contributed by atoms with E-state index >= 15 is 0 Å². The van der Waals surface area contributed by atoms with E-state index in [4.69, 9.17) is 0 Å². The van der Waals surface area contributed by atoms with Crippen LogP contribution in [0.3, 0.4) is 0 Å². The second kappa shape index (κ2) is 6.27. The number of ketones is 1. The minimum Gasteiger partial charge on any atom is -0.299 e. The van der Waals surface area contributed by atoms with Crippen molar-refractivity contribution in [1.82, 2.24) is 0 Å². The van der Waals surface area contributed by atoms with Crippen LogP contribution in [0.15, 0.2) is 0 Å². The van der Waals surface area contributed by atoms with Gasteiger partial charge in [0.25, 0.3) is 0 Å². The van der Waals surface area contributed by atoms with E-state index in [0.717, 1.165) is 25.2 Å². The van der Waals surface area contributed by atoms with Crippen LogP contribution in [0.4, 0.5) is 13.2 Å². The highest BCUT2D eigenvalue weighted by Gasteiger charge is 2.35. The highest BCUT2D eigenvalue weighted by atomic mass is 19.4. The number of Topliss-reactive ketones (excluding diaryl/α,β-unsaturated/α-hetero) is 1. The van der Waals surface area contributed by atoms with Crippen LogP contribution in [-0.2, 0) is 4.79 Å². The summed E-state index contributed by atoms with van der Waals surface area (Å²) in [6.45, 7) is 0. The predicted octanol–water partition coefficient (Wildman–Crippen LogP) is 4.89. The summed E-state index contributed by atoms with van der Waals surface area (Å²) in [5.74, 6) is 1.58. The van der Waals surface area contributed by atoms with Crippen molar-refractivity contribution >= 4 is 5.78 Å². The van der Waals surface area contributed by atoms with Gasteiger partial charge in [-0.15, -0.1) is 0 Å². The standard InChI is InChI=1S/C15H23F3O/c16-15(17,18)9-3-6-14(19)13-8-7-11-4-1-2-5-12(11)10-13/h11-13H,1-10H2. The molecule has 0 saturated heterocycles. The maximum absolute atomic E-state index is 12.1. The summed E-state index contributed by atoms with van der Waals surface area (Å²) in [6.07, 6.45) is 3.17. The predicted molar refractivity (Wildman–Crippen MR) is 67.7 cm³/mol. The number of hydrogen-bond donors (Lipinski definition) is 0. The molecule has 2 saturated carbocycles. The van der Waals surface area contributed by atoms with Gasteiger partial charge in [-0.3, -0.25) is 4.79 Å². The molecule has 0 aromatic rings. The van der Waals surface area contributed by atoms with Crippen LogP contribution in [-0.4, -0.2) is 12.0 Å². The van der Waals surface area contributed by atoms with Gasteiger partial charge in [0.1, 0.15) is 5.78 Å². The summed E-state index contributed by atoms with van der Waals surface area (Å²) in [5, 5.41) is 0. The molecule has 4 heteroatoms. The van der Waals surface area contributed by atoms with Crippen molar-refractivity contribution in [3.8, 4) is 0 Å². The minimum atomic E-state index is -4.12. The van der Waals surface area contributed by atoms with Crippen LogP contribution in [0.5, 0.6) is 0 Å². The summed E-state index contributed by atoms with van der Waals surface area (Å²) >= 11 is 0. The Morgan fingerprint density at radius 2 is 1.68 bits per heavy atom. The summed E-state index contributed by atoms with van der Waals surface area (Å²) < 4.78 is 36.2. The Kier molecular flexibility index (Phi) is 4.91. The van der Waals surface area contributed by atoms with Gasteiger partial charge in [-0.2, -0.15) is 13.2 Å². The number of carbonyl (C=O) groups excluding carboxylic acids is 1. The van der Waals surface area contributed by atoms with E-state index in [0.29, 0.717) is 5.92 Å². The molecule has 2 fully saturated rings. The molecule has 0 aromatic carbocycles. The third-order valence-corrected chi connectivity index (χ3v) is 4.88. The maximum atomic E-state index is 12.1. The fraction of sp³-hybridized carbons (Fsp3) is 0.933. The fourth-order valence-electron chi connectivity index (χ4n) is 3.83. The van der Waals surface area contributed by atoms with Crippen LogP contribution >= 0.6 is 0 Å². The van der Waals surface area contributed by atoms with E-state index in [9.17, 15) is 18.0 Å². The van der Waals surface area contributed by atoms with Crippen molar-refractivity contribution in [2.45, 2.75) is 70.4 Å². The second-order valence-corrected chi connectivity index (χ2v) is 6.25. The quantitative estimate of drug-likeness (QED) is 0.714. The second-order valence-electron chi connectivity index (χ2n) is 6.25. The van der Waals surface area contributed by atoms with Crippen molar-refractivity contribution in [1.29, 1.82) is 0 Å². The molecule has 2 rings (SSSR count). The molecule has 0 bridgehead atoms. The Bertz CT molecular complexity index is 311. The van der Waals surface area contributed by atoms with Crippen LogP contribution in [0, 0.1) is 17.8 Å². The van der Waals surface area contributed by atoms with E-state index in [1.807, 2.05) is 0 Å². The average Bonchev–Trinajstić information content (AvgIpc) is 2.36. The van der Waals surface area contributed by atoms with Gasteiger partial charge in [-0.1, -0.05) is 25.7 Å². The first kappa shape index (κ1) is 14.9. The highest BCUT2D eigenvalue weighted by molar-refractivity contribution is 5.81. The summed E-state index contributed by atoms with van der Waals surface area (Å²) in [6, 6.07) is 0. The average molecular weight is 276 g/mol. The monoisotopic (exact) mass is 276 g/mol. The van der Waals surface area contributed by atoms with Gasteiger partial charge in [-0.05, 0) is 37.5 Å². The molecule has 1 nitrogen and oxygen atoms in total. The van der Waals surface area contributed by atoms with E-state index in [2.05, 4.69) is 0 Å². The Balaban J connectivity index is 1.74. The molecule has 0 radical (unpaired) electrons. The van der Waals surface area contributed by atoms with Crippen LogP contribution in [0.1, 0.15) is 64.2 Å². The largest absolute Gasteiger partial charge is 0.389 e. The van der Waals surface area contributed by atoms with E-state index in [1.54, 1.807) is 0 Å². The van der Waals surface area contributed by atoms with Gasteiger partial charge < -0.3 is 0 Å². The van der Waals surface area contributed by atoms with Crippen LogP contribution in [0.25, 0.3) is 0 Å². The summed E-state index contributed by atoms with van der Waals surface area (Å²) in [7, 11) is 0. The number of hydrogen-bond acceptors (Lipinski definition) is 1. The number of alkyl halides is 3. The van der Waals surface area contributed by atoms with Crippen LogP contribution < -0.4 is 0 Å². The maximum Gasteiger partial charge on any atom is 0.389 e. The summed E-state index contributed by atoms with van der Waals surface area (Å²) in [4.78, 5) is 12.0. The lowest BCUT2D eigenvalue weighted by Gasteiger charge is -2.38. The summed E-state index contributed by atoms with van der Waals surface area (Å²) in [5.41, 5.74) is 0. The molecule has 3 atom stereocenters. The molecule has 0 amide bonds. The Morgan fingerprint density at radius 1 is 1.00 bits per heavy atom. The Morgan fingerprint density at radius 3 is 2.37 bits per heavy atom. The zero-order chi connectivity index (χ0) is 13.9. The number of rotatable bonds is 4. The molecule has 2 aliphatic rings. The zero-order valence-corrected chi connectivity index (χ0v) is 11.3. The molecule has 3 unspecified atom stereocenters. The molecular weight excluding hydrogens is 253 g/mol. The molecular formula is C15H23F3O. The molecule has 0 aromatic heterocycles. The van der Waals surface area contributed by atoms with Crippen molar-refractivity contribution in [3.05, 3.63) is 0 Å². The molecule has 110 valence electrons. The van der Waals surface area contributed by atoms with Crippen molar-refractivity contribution < 1.29 is 18.0 Å². The molecule has 0 spiro atoms. The molecule has 0 heterocycles. The van der Waals surface area contributed by atoms with Gasteiger partial charge in [0, 0.05) is 18.8 Å². The van der Waals surface area contributed by atoms with E-state index < -0.39 is 12.6 Å². The zero-order valence-electron chi connectivity index (χ0n) is 11.3. The first-order valence-electron chi connectivity index (χ1n) is 7.55. The first-order valence-corrected chi connectivity index (χ1v) is 7.55. The van der Waals surface area contributed by atoms with Crippen molar-refractivity contribution in [2.24, 2.45) is 17.8 Å². The fourth-order valence-corrected chi connectivity index (χ4v) is 3.83. The SMILES string of the molecule is O=C(CCCC(F)(F)F)C1CCC2CCCCC2C1. The lowest BCUT2D eigenvalue weighted by atomic mass is 9.66. The third kappa shape index (κ3) is 4.50. The highest BCUT2D eigenvalue weighted by Crippen LogP contribution is 2.43. The van der Waals surface area contributed by atoms with Crippen molar-refractivity contribution in [2.75, 3.05) is 0 Å². The number of fused-ring (bicyclic) bond motifs is 1. The van der Waals surface area contributed by atoms with Gasteiger partial charge >= 0.3 is 6.18 Å². The lowest BCUT2D eigenvalue weighted by molar-refractivity contribution is -0.138.